The predicted octanol–water partition coefficient (Wildman–Crippen LogP) is 3.66. The van der Waals surface area contributed by atoms with Gasteiger partial charge in [0.2, 0.25) is 5.88 Å². The lowest BCUT2D eigenvalue weighted by Gasteiger charge is -2.11. The number of ether oxygens (including phenoxy) is 1. The molecule has 0 atom stereocenters. The van der Waals surface area contributed by atoms with Gasteiger partial charge in [-0.15, -0.1) is 0 Å². The Kier molecular flexibility index (Phi) is 4.33. The Morgan fingerprint density at radius 3 is 2.89 bits per heavy atom. The number of hydrogen-bond acceptors (Lipinski definition) is 3. The fourth-order valence-corrected chi connectivity index (χ4v) is 2.21. The number of nitrogens with zero attached hydrogens (tertiary/aromatic N) is 1. The first-order valence-electron chi connectivity index (χ1n) is 5.73. The highest BCUT2D eigenvalue weighted by atomic mass is 79.9. The third kappa shape index (κ3) is 3.09. The SMILES string of the molecule is CNCc1cccnc1Oc1ccc(C)cc1Br. The van der Waals surface area contributed by atoms with Gasteiger partial charge in [0.15, 0.2) is 0 Å². The smallest absolute Gasteiger partial charge is 0.223 e. The van der Waals surface area contributed by atoms with E-state index in [1.165, 1.54) is 5.56 Å². The third-order valence-corrected chi connectivity index (χ3v) is 3.13. The van der Waals surface area contributed by atoms with Gasteiger partial charge in [0.05, 0.1) is 4.47 Å². The Bertz CT molecular complexity index is 543. The Hall–Kier alpha value is -1.39. The van der Waals surface area contributed by atoms with Gasteiger partial charge in [-0.05, 0) is 53.7 Å². The number of pyridine rings is 1. The average Bonchev–Trinajstić information content (AvgIpc) is 2.35. The van der Waals surface area contributed by atoms with Gasteiger partial charge < -0.3 is 10.1 Å². The zero-order valence-electron chi connectivity index (χ0n) is 10.4. The molecule has 1 N–H and O–H groups in total. The maximum atomic E-state index is 5.85. The van der Waals surface area contributed by atoms with E-state index in [2.05, 4.69) is 26.2 Å². The molecule has 0 radical (unpaired) electrons. The van der Waals surface area contributed by atoms with Crippen molar-refractivity contribution in [2.24, 2.45) is 0 Å². The van der Waals surface area contributed by atoms with Crippen LogP contribution < -0.4 is 10.1 Å². The summed E-state index contributed by atoms with van der Waals surface area (Å²) in [5.41, 5.74) is 2.22. The van der Waals surface area contributed by atoms with Crippen molar-refractivity contribution in [3.05, 3.63) is 52.1 Å². The molecule has 1 aromatic carbocycles. The maximum absolute atomic E-state index is 5.85. The molecular formula is C14H15BrN2O. The Balaban J connectivity index is 2.28. The van der Waals surface area contributed by atoms with Crippen LogP contribution in [-0.4, -0.2) is 12.0 Å². The van der Waals surface area contributed by atoms with Crippen molar-refractivity contribution in [1.29, 1.82) is 0 Å². The molecule has 3 nitrogen and oxygen atoms in total. The lowest BCUT2D eigenvalue weighted by atomic mass is 10.2. The zero-order valence-corrected chi connectivity index (χ0v) is 12.0. The molecule has 0 aliphatic rings. The number of aryl methyl sites for hydroxylation is 1. The molecule has 2 aromatic rings. The van der Waals surface area contributed by atoms with E-state index in [0.29, 0.717) is 5.88 Å². The molecule has 0 aliphatic heterocycles. The van der Waals surface area contributed by atoms with E-state index in [9.17, 15) is 0 Å². The van der Waals surface area contributed by atoms with Crippen molar-refractivity contribution in [1.82, 2.24) is 10.3 Å². The Morgan fingerprint density at radius 1 is 1.33 bits per heavy atom. The quantitative estimate of drug-likeness (QED) is 0.936. The lowest BCUT2D eigenvalue weighted by Crippen LogP contribution is -2.07. The lowest BCUT2D eigenvalue weighted by molar-refractivity contribution is 0.451. The summed E-state index contributed by atoms with van der Waals surface area (Å²) in [5.74, 6) is 1.41. The molecule has 0 unspecified atom stereocenters. The highest BCUT2D eigenvalue weighted by molar-refractivity contribution is 9.10. The summed E-state index contributed by atoms with van der Waals surface area (Å²) in [6, 6.07) is 9.89. The van der Waals surface area contributed by atoms with E-state index >= 15 is 0 Å². The fraction of sp³-hybridized carbons (Fsp3) is 0.214. The monoisotopic (exact) mass is 306 g/mol. The second-order valence-corrected chi connectivity index (χ2v) is 4.89. The van der Waals surface area contributed by atoms with Crippen LogP contribution in [0, 0.1) is 6.92 Å². The summed E-state index contributed by atoms with van der Waals surface area (Å²) < 4.78 is 6.78. The summed E-state index contributed by atoms with van der Waals surface area (Å²) in [4.78, 5) is 4.27. The third-order valence-electron chi connectivity index (χ3n) is 2.51. The van der Waals surface area contributed by atoms with Crippen LogP contribution in [-0.2, 0) is 6.54 Å². The largest absolute Gasteiger partial charge is 0.438 e. The van der Waals surface area contributed by atoms with E-state index in [4.69, 9.17) is 4.74 Å². The van der Waals surface area contributed by atoms with Crippen LogP contribution in [0.4, 0.5) is 0 Å². The molecule has 2 rings (SSSR count). The normalized spacial score (nSPS) is 10.4. The van der Waals surface area contributed by atoms with E-state index in [1.807, 2.05) is 44.3 Å². The highest BCUT2D eigenvalue weighted by Crippen LogP contribution is 2.30. The highest BCUT2D eigenvalue weighted by Gasteiger charge is 2.07. The standard InChI is InChI=1S/C14H15BrN2O/c1-10-5-6-13(12(15)8-10)18-14-11(9-16-2)4-3-7-17-14/h3-8,16H,9H2,1-2H3. The zero-order chi connectivity index (χ0) is 13.0. The van der Waals surface area contributed by atoms with E-state index in [1.54, 1.807) is 6.20 Å². The second-order valence-electron chi connectivity index (χ2n) is 4.03. The van der Waals surface area contributed by atoms with Gasteiger partial charge in [0, 0.05) is 18.3 Å². The summed E-state index contributed by atoms with van der Waals surface area (Å²) in [6.45, 7) is 2.77. The van der Waals surface area contributed by atoms with Gasteiger partial charge in [-0.1, -0.05) is 12.1 Å². The first kappa shape index (κ1) is 13.1. The van der Waals surface area contributed by atoms with Gasteiger partial charge in [0.1, 0.15) is 5.75 Å². The van der Waals surface area contributed by atoms with Gasteiger partial charge in [-0.2, -0.15) is 0 Å². The number of halogens is 1. The molecule has 94 valence electrons. The van der Waals surface area contributed by atoms with Crippen LogP contribution in [0.2, 0.25) is 0 Å². The first-order valence-corrected chi connectivity index (χ1v) is 6.52. The van der Waals surface area contributed by atoms with Crippen LogP contribution in [0.1, 0.15) is 11.1 Å². The predicted molar refractivity (Wildman–Crippen MR) is 76.0 cm³/mol. The minimum absolute atomic E-state index is 0.636. The molecule has 0 saturated heterocycles. The number of hydrogen-bond donors (Lipinski definition) is 1. The van der Waals surface area contributed by atoms with Crippen LogP contribution >= 0.6 is 15.9 Å². The molecular weight excluding hydrogens is 292 g/mol. The second kappa shape index (κ2) is 5.98. The summed E-state index contributed by atoms with van der Waals surface area (Å²) in [6.07, 6.45) is 1.73. The van der Waals surface area contributed by atoms with Crippen LogP contribution in [0.25, 0.3) is 0 Å². The average molecular weight is 307 g/mol. The van der Waals surface area contributed by atoms with Gasteiger partial charge in [0.25, 0.3) is 0 Å². The van der Waals surface area contributed by atoms with E-state index in [-0.39, 0.29) is 0 Å². The molecule has 0 fully saturated rings. The molecule has 1 aromatic heterocycles. The fourth-order valence-electron chi connectivity index (χ4n) is 1.63. The van der Waals surface area contributed by atoms with Crippen LogP contribution in [0.5, 0.6) is 11.6 Å². The summed E-state index contributed by atoms with van der Waals surface area (Å²) >= 11 is 3.50. The number of nitrogens with one attached hydrogen (secondary N) is 1. The summed E-state index contributed by atoms with van der Waals surface area (Å²) in [5, 5.41) is 3.10. The molecule has 1 heterocycles. The number of aromatic nitrogens is 1. The van der Waals surface area contributed by atoms with Gasteiger partial charge in [-0.25, -0.2) is 4.98 Å². The molecule has 0 spiro atoms. The van der Waals surface area contributed by atoms with Crippen molar-refractivity contribution >= 4 is 15.9 Å². The van der Waals surface area contributed by atoms with Crippen molar-refractivity contribution in [2.45, 2.75) is 13.5 Å². The molecule has 0 amide bonds. The van der Waals surface area contributed by atoms with Crippen molar-refractivity contribution in [2.75, 3.05) is 7.05 Å². The number of rotatable bonds is 4. The topological polar surface area (TPSA) is 34.2 Å². The van der Waals surface area contributed by atoms with Gasteiger partial charge >= 0.3 is 0 Å². The van der Waals surface area contributed by atoms with Crippen LogP contribution in [0.15, 0.2) is 41.0 Å². The first-order chi connectivity index (χ1) is 8.70. The van der Waals surface area contributed by atoms with Gasteiger partial charge in [-0.3, -0.25) is 0 Å². The maximum Gasteiger partial charge on any atom is 0.223 e. The Labute approximate surface area is 115 Å². The van der Waals surface area contributed by atoms with Crippen molar-refractivity contribution < 1.29 is 4.74 Å². The Morgan fingerprint density at radius 2 is 2.17 bits per heavy atom. The van der Waals surface area contributed by atoms with E-state index in [0.717, 1.165) is 22.3 Å². The minimum Gasteiger partial charge on any atom is -0.438 e. The molecule has 18 heavy (non-hydrogen) atoms. The van der Waals surface area contributed by atoms with Crippen LogP contribution in [0.3, 0.4) is 0 Å². The summed E-state index contributed by atoms with van der Waals surface area (Å²) in [7, 11) is 1.90. The molecule has 4 heteroatoms. The molecule has 0 aliphatic carbocycles. The molecule has 0 bridgehead atoms. The molecule has 0 saturated carbocycles. The number of benzene rings is 1. The van der Waals surface area contributed by atoms with Crippen molar-refractivity contribution in [3.63, 3.8) is 0 Å². The minimum atomic E-state index is 0.636. The van der Waals surface area contributed by atoms with Crippen molar-refractivity contribution in [3.8, 4) is 11.6 Å². The van der Waals surface area contributed by atoms with E-state index < -0.39 is 0 Å².